The number of hydrogen-bond acceptors (Lipinski definition) is 5. The molecule has 3 heterocycles. The Kier molecular flexibility index (Phi) is 4.45. The van der Waals surface area contributed by atoms with Crippen LogP contribution in [0.15, 0.2) is 59.9 Å². The zero-order valence-electron chi connectivity index (χ0n) is 17.4. The average Bonchev–Trinajstić information content (AvgIpc) is 3.43. The summed E-state index contributed by atoms with van der Waals surface area (Å²) < 4.78 is 0. The predicted molar refractivity (Wildman–Crippen MR) is 125 cm³/mol. The highest BCUT2D eigenvalue weighted by Crippen LogP contribution is 2.35. The van der Waals surface area contributed by atoms with Gasteiger partial charge in [0.2, 0.25) is 5.91 Å². The minimum absolute atomic E-state index is 0.0560. The number of carbonyl (C=O) groups is 1. The number of H-pyrrole nitrogens is 1. The zero-order valence-corrected chi connectivity index (χ0v) is 17.4. The summed E-state index contributed by atoms with van der Waals surface area (Å²) in [5.74, 6) is 0.720. The second-order valence-corrected chi connectivity index (χ2v) is 8.33. The van der Waals surface area contributed by atoms with Crippen molar-refractivity contribution in [3.05, 3.63) is 77.2 Å². The minimum Gasteiger partial charge on any atom is -0.343 e. The number of nitrogens with one attached hydrogen (secondary N) is 3. The van der Waals surface area contributed by atoms with Crippen LogP contribution >= 0.6 is 0 Å². The number of aromatic amines is 1. The molecule has 0 saturated heterocycles. The molecule has 4 aromatic rings. The van der Waals surface area contributed by atoms with E-state index in [1.165, 1.54) is 5.56 Å². The maximum atomic E-state index is 12.9. The van der Waals surface area contributed by atoms with E-state index in [4.69, 9.17) is 0 Å². The fourth-order valence-corrected chi connectivity index (χ4v) is 4.64. The van der Waals surface area contributed by atoms with Gasteiger partial charge in [-0.05, 0) is 60.2 Å². The number of fused-ring (bicyclic) bond motifs is 4. The molecule has 1 aliphatic carbocycles. The monoisotopic (exact) mass is 422 g/mol. The SMILES string of the molecule is O=C(Nc1ccccc1)C1CCc2[nH]c3ncnc(Nc4ccc5c(c4)C=NC5)c3c2C1. The summed E-state index contributed by atoms with van der Waals surface area (Å²) in [6, 6.07) is 15.9. The van der Waals surface area contributed by atoms with Gasteiger partial charge in [-0.3, -0.25) is 9.79 Å². The molecule has 1 unspecified atom stereocenters. The lowest BCUT2D eigenvalue weighted by molar-refractivity contribution is -0.120. The van der Waals surface area contributed by atoms with Crippen LogP contribution in [0.2, 0.25) is 0 Å². The van der Waals surface area contributed by atoms with Crippen molar-refractivity contribution in [3.8, 4) is 0 Å². The molecule has 7 nitrogen and oxygen atoms in total. The molecule has 1 amide bonds. The average molecular weight is 422 g/mol. The standard InChI is InChI=1S/C25H22N6O/c32-25(30-18-4-2-1-3-5-18)15-7-9-21-20(11-15)22-23(27-14-28-24(22)31-21)29-19-8-6-16-12-26-13-17(16)10-19/h1-6,8,10,13-15H,7,9,11-12H2,(H,30,32)(H2,27,28,29,31). The number of aryl methyl sites for hydroxylation is 1. The Morgan fingerprint density at radius 3 is 2.88 bits per heavy atom. The topological polar surface area (TPSA) is 95.1 Å². The van der Waals surface area contributed by atoms with Gasteiger partial charge in [-0.1, -0.05) is 24.3 Å². The lowest BCUT2D eigenvalue weighted by Gasteiger charge is -2.22. The van der Waals surface area contributed by atoms with Crippen molar-refractivity contribution in [2.24, 2.45) is 10.9 Å². The summed E-state index contributed by atoms with van der Waals surface area (Å²) in [7, 11) is 0. The number of aromatic nitrogens is 3. The van der Waals surface area contributed by atoms with E-state index in [0.29, 0.717) is 6.42 Å². The number of amides is 1. The largest absolute Gasteiger partial charge is 0.343 e. The molecule has 0 radical (unpaired) electrons. The maximum absolute atomic E-state index is 12.9. The summed E-state index contributed by atoms with van der Waals surface area (Å²) in [6.07, 6.45) is 5.75. The van der Waals surface area contributed by atoms with E-state index in [-0.39, 0.29) is 11.8 Å². The molecule has 7 heteroatoms. The van der Waals surface area contributed by atoms with Crippen molar-refractivity contribution < 1.29 is 4.79 Å². The van der Waals surface area contributed by atoms with Crippen LogP contribution in [-0.2, 0) is 24.2 Å². The zero-order chi connectivity index (χ0) is 21.5. The van der Waals surface area contributed by atoms with E-state index < -0.39 is 0 Å². The molecule has 0 fully saturated rings. The number of aliphatic imine (C=N–C) groups is 1. The summed E-state index contributed by atoms with van der Waals surface area (Å²) in [6.45, 7) is 0.741. The molecule has 158 valence electrons. The van der Waals surface area contributed by atoms with Crippen LogP contribution in [0.1, 0.15) is 28.8 Å². The maximum Gasteiger partial charge on any atom is 0.227 e. The molecule has 2 aromatic carbocycles. The molecular weight excluding hydrogens is 400 g/mol. The van der Waals surface area contributed by atoms with Gasteiger partial charge < -0.3 is 15.6 Å². The third-order valence-electron chi connectivity index (χ3n) is 6.29. The molecule has 2 aromatic heterocycles. The van der Waals surface area contributed by atoms with Gasteiger partial charge in [-0.25, -0.2) is 9.97 Å². The summed E-state index contributed by atoms with van der Waals surface area (Å²) >= 11 is 0. The van der Waals surface area contributed by atoms with E-state index in [0.717, 1.165) is 64.4 Å². The number of rotatable bonds is 4. The second-order valence-electron chi connectivity index (χ2n) is 8.33. The Labute approximate surface area is 185 Å². The van der Waals surface area contributed by atoms with E-state index in [1.807, 2.05) is 36.5 Å². The van der Waals surface area contributed by atoms with Crippen molar-refractivity contribution in [3.63, 3.8) is 0 Å². The number of benzene rings is 2. The van der Waals surface area contributed by atoms with Crippen LogP contribution in [0.3, 0.4) is 0 Å². The minimum atomic E-state index is -0.0917. The third-order valence-corrected chi connectivity index (χ3v) is 6.29. The van der Waals surface area contributed by atoms with Crippen molar-refractivity contribution in [1.82, 2.24) is 15.0 Å². The summed E-state index contributed by atoms with van der Waals surface area (Å²) in [5.41, 5.74) is 7.23. The quantitative estimate of drug-likeness (QED) is 0.455. The van der Waals surface area contributed by atoms with Gasteiger partial charge in [-0.2, -0.15) is 0 Å². The Hall–Kier alpha value is -4.00. The second kappa shape index (κ2) is 7.60. The Bertz CT molecular complexity index is 1360. The Balaban J connectivity index is 1.30. The number of para-hydroxylation sites is 1. The molecule has 0 saturated carbocycles. The van der Waals surface area contributed by atoms with Gasteiger partial charge in [-0.15, -0.1) is 0 Å². The predicted octanol–water partition coefficient (Wildman–Crippen LogP) is 4.38. The van der Waals surface area contributed by atoms with Crippen molar-refractivity contribution >= 4 is 40.3 Å². The number of nitrogens with zero attached hydrogens (tertiary/aromatic N) is 3. The Morgan fingerprint density at radius 2 is 1.97 bits per heavy atom. The molecule has 2 aliphatic rings. The van der Waals surface area contributed by atoms with Gasteiger partial charge in [0.25, 0.3) is 0 Å². The molecule has 3 N–H and O–H groups in total. The molecule has 0 bridgehead atoms. The first-order valence-electron chi connectivity index (χ1n) is 10.8. The fraction of sp³-hybridized carbons (Fsp3) is 0.200. The molecule has 0 spiro atoms. The highest BCUT2D eigenvalue weighted by atomic mass is 16.1. The number of hydrogen-bond donors (Lipinski definition) is 3. The lowest BCUT2D eigenvalue weighted by Crippen LogP contribution is -2.28. The highest BCUT2D eigenvalue weighted by Gasteiger charge is 2.29. The fourth-order valence-electron chi connectivity index (χ4n) is 4.64. The molecular formula is C25H22N6O. The van der Waals surface area contributed by atoms with Crippen LogP contribution in [-0.4, -0.2) is 27.1 Å². The first-order valence-corrected chi connectivity index (χ1v) is 10.8. The van der Waals surface area contributed by atoms with Crippen LogP contribution in [0.25, 0.3) is 11.0 Å². The van der Waals surface area contributed by atoms with Crippen molar-refractivity contribution in [1.29, 1.82) is 0 Å². The van der Waals surface area contributed by atoms with Gasteiger partial charge >= 0.3 is 0 Å². The van der Waals surface area contributed by atoms with E-state index in [9.17, 15) is 4.79 Å². The summed E-state index contributed by atoms with van der Waals surface area (Å²) in [5, 5.41) is 7.48. The van der Waals surface area contributed by atoms with E-state index in [1.54, 1.807) is 6.33 Å². The summed E-state index contributed by atoms with van der Waals surface area (Å²) in [4.78, 5) is 29.7. The van der Waals surface area contributed by atoms with Crippen molar-refractivity contribution in [2.45, 2.75) is 25.8 Å². The van der Waals surface area contributed by atoms with Crippen LogP contribution < -0.4 is 10.6 Å². The van der Waals surface area contributed by atoms with Gasteiger partial charge in [0.15, 0.2) is 0 Å². The first-order chi connectivity index (χ1) is 15.7. The van der Waals surface area contributed by atoms with Gasteiger partial charge in [0, 0.05) is 29.2 Å². The van der Waals surface area contributed by atoms with Gasteiger partial charge in [0.1, 0.15) is 17.8 Å². The first kappa shape index (κ1) is 18.7. The van der Waals surface area contributed by atoms with Crippen LogP contribution in [0.5, 0.6) is 0 Å². The third kappa shape index (κ3) is 3.32. The van der Waals surface area contributed by atoms with E-state index in [2.05, 4.69) is 48.8 Å². The highest BCUT2D eigenvalue weighted by molar-refractivity contribution is 5.96. The molecule has 1 atom stereocenters. The van der Waals surface area contributed by atoms with Crippen LogP contribution in [0, 0.1) is 5.92 Å². The number of anilines is 3. The van der Waals surface area contributed by atoms with Crippen molar-refractivity contribution in [2.75, 3.05) is 10.6 Å². The molecule has 6 rings (SSSR count). The van der Waals surface area contributed by atoms with Crippen LogP contribution in [0.4, 0.5) is 17.2 Å². The lowest BCUT2D eigenvalue weighted by atomic mass is 9.86. The smallest absolute Gasteiger partial charge is 0.227 e. The Morgan fingerprint density at radius 1 is 1.06 bits per heavy atom. The normalized spacial score (nSPS) is 16.6. The molecule has 1 aliphatic heterocycles. The van der Waals surface area contributed by atoms with Gasteiger partial charge in [0.05, 0.1) is 11.9 Å². The number of carbonyl (C=O) groups excluding carboxylic acids is 1. The molecule has 32 heavy (non-hydrogen) atoms. The van der Waals surface area contributed by atoms with E-state index >= 15 is 0 Å².